The number of phenolic OH excluding ortho intramolecular Hbond substituents is 1. The van der Waals surface area contributed by atoms with Gasteiger partial charge in [0.05, 0.1) is 11.7 Å². The Labute approximate surface area is 105 Å². The number of aromatic hydroxyl groups is 1. The van der Waals surface area contributed by atoms with E-state index in [1.54, 1.807) is 0 Å². The molecule has 1 saturated carbocycles. The maximum atomic E-state index is 13.0. The first-order valence-electron chi connectivity index (χ1n) is 6.01. The highest BCUT2D eigenvalue weighted by Crippen LogP contribution is 2.24. The van der Waals surface area contributed by atoms with Gasteiger partial charge in [-0.2, -0.15) is 0 Å². The monoisotopic (exact) mass is 253 g/mol. The molecule has 1 aliphatic carbocycles. The fourth-order valence-electron chi connectivity index (χ4n) is 2.01. The van der Waals surface area contributed by atoms with Gasteiger partial charge in [-0.3, -0.25) is 4.79 Å². The first-order chi connectivity index (χ1) is 8.60. The number of carbonyl (C=O) groups is 1. The van der Waals surface area contributed by atoms with Crippen LogP contribution < -0.4 is 5.32 Å². The minimum atomic E-state index is -0.543. The zero-order valence-electron chi connectivity index (χ0n) is 10.1. The quantitative estimate of drug-likeness (QED) is 0.860. The molecule has 0 bridgehead atoms. The molecule has 0 saturated heterocycles. The molecule has 0 radical (unpaired) electrons. The fourth-order valence-corrected chi connectivity index (χ4v) is 2.01. The van der Waals surface area contributed by atoms with Crippen LogP contribution in [0.25, 0.3) is 0 Å². The van der Waals surface area contributed by atoms with Gasteiger partial charge in [0.1, 0.15) is 11.6 Å². The highest BCUT2D eigenvalue weighted by molar-refractivity contribution is 5.97. The van der Waals surface area contributed by atoms with Gasteiger partial charge in [0.25, 0.3) is 5.91 Å². The number of ether oxygens (including phenoxy) is 1. The van der Waals surface area contributed by atoms with Crippen LogP contribution in [0.15, 0.2) is 18.2 Å². The minimum Gasteiger partial charge on any atom is -0.507 e. The summed E-state index contributed by atoms with van der Waals surface area (Å²) in [6.07, 6.45) is 1.71. The minimum absolute atomic E-state index is 0.0325. The Bertz CT molecular complexity index is 444. The van der Waals surface area contributed by atoms with E-state index in [9.17, 15) is 14.3 Å². The van der Waals surface area contributed by atoms with E-state index < -0.39 is 11.7 Å². The molecule has 1 amide bonds. The highest BCUT2D eigenvalue weighted by Gasteiger charge is 2.31. The average molecular weight is 253 g/mol. The Morgan fingerprint density at radius 2 is 2.28 bits per heavy atom. The summed E-state index contributed by atoms with van der Waals surface area (Å²) < 4.78 is 18.4. The number of hydrogen-bond donors (Lipinski definition) is 2. The van der Waals surface area contributed by atoms with Crippen molar-refractivity contribution in [2.24, 2.45) is 0 Å². The normalized spacial score (nSPS) is 22.3. The van der Waals surface area contributed by atoms with Crippen molar-refractivity contribution in [2.45, 2.75) is 31.9 Å². The number of carbonyl (C=O) groups excluding carboxylic acids is 1. The number of halogens is 1. The van der Waals surface area contributed by atoms with Gasteiger partial charge in [-0.05, 0) is 38.0 Å². The topological polar surface area (TPSA) is 58.6 Å². The summed E-state index contributed by atoms with van der Waals surface area (Å²) in [6.45, 7) is 2.59. The third kappa shape index (κ3) is 2.79. The van der Waals surface area contributed by atoms with Gasteiger partial charge in [0.15, 0.2) is 0 Å². The Hall–Kier alpha value is -1.62. The van der Waals surface area contributed by atoms with Crippen molar-refractivity contribution in [1.82, 2.24) is 5.32 Å². The smallest absolute Gasteiger partial charge is 0.255 e. The van der Waals surface area contributed by atoms with Crippen molar-refractivity contribution >= 4 is 5.91 Å². The Morgan fingerprint density at radius 1 is 1.56 bits per heavy atom. The van der Waals surface area contributed by atoms with E-state index >= 15 is 0 Å². The van der Waals surface area contributed by atoms with Gasteiger partial charge in [-0.15, -0.1) is 0 Å². The molecular weight excluding hydrogens is 237 g/mol. The Kier molecular flexibility index (Phi) is 3.81. The van der Waals surface area contributed by atoms with Crippen LogP contribution in [-0.2, 0) is 4.74 Å². The molecule has 0 unspecified atom stereocenters. The zero-order valence-corrected chi connectivity index (χ0v) is 10.1. The third-order valence-corrected chi connectivity index (χ3v) is 3.04. The van der Waals surface area contributed by atoms with Gasteiger partial charge in [0, 0.05) is 12.6 Å². The van der Waals surface area contributed by atoms with Gasteiger partial charge >= 0.3 is 0 Å². The predicted octanol–water partition coefficient (Wildman–Crippen LogP) is 1.83. The summed E-state index contributed by atoms with van der Waals surface area (Å²) in [5, 5.41) is 12.2. The van der Waals surface area contributed by atoms with Gasteiger partial charge in [-0.25, -0.2) is 4.39 Å². The molecule has 5 heteroatoms. The SMILES string of the molecule is CCOC1CC(NC(=O)c2cc(F)ccc2O)C1. The molecule has 18 heavy (non-hydrogen) atoms. The molecule has 0 atom stereocenters. The van der Waals surface area contributed by atoms with Crippen LogP contribution in [0.3, 0.4) is 0 Å². The summed E-state index contributed by atoms with van der Waals surface area (Å²) in [4.78, 5) is 11.8. The summed E-state index contributed by atoms with van der Waals surface area (Å²) in [6, 6.07) is 3.36. The maximum absolute atomic E-state index is 13.0. The molecule has 1 aromatic carbocycles. The second-order valence-electron chi connectivity index (χ2n) is 4.38. The molecule has 2 N–H and O–H groups in total. The lowest BCUT2D eigenvalue weighted by atomic mass is 9.89. The second kappa shape index (κ2) is 5.35. The zero-order chi connectivity index (χ0) is 13.1. The van der Waals surface area contributed by atoms with Crippen LogP contribution >= 0.6 is 0 Å². The van der Waals surface area contributed by atoms with E-state index in [1.165, 1.54) is 6.07 Å². The van der Waals surface area contributed by atoms with Gasteiger partial charge in [0.2, 0.25) is 0 Å². The van der Waals surface area contributed by atoms with Crippen LogP contribution in [-0.4, -0.2) is 29.8 Å². The lowest BCUT2D eigenvalue weighted by molar-refractivity contribution is -0.00864. The van der Waals surface area contributed by atoms with Crippen LogP contribution in [0, 0.1) is 5.82 Å². The van der Waals surface area contributed by atoms with Crippen LogP contribution in [0.1, 0.15) is 30.1 Å². The van der Waals surface area contributed by atoms with Crippen LogP contribution in [0.2, 0.25) is 0 Å². The largest absolute Gasteiger partial charge is 0.507 e. The summed E-state index contributed by atoms with van der Waals surface area (Å²) in [7, 11) is 0. The first-order valence-corrected chi connectivity index (χ1v) is 6.01. The molecule has 0 spiro atoms. The molecule has 0 heterocycles. The van der Waals surface area contributed by atoms with Gasteiger partial charge in [-0.1, -0.05) is 0 Å². The molecule has 2 rings (SSSR count). The molecule has 1 aliphatic rings. The number of benzene rings is 1. The third-order valence-electron chi connectivity index (χ3n) is 3.04. The molecule has 0 aromatic heterocycles. The number of hydrogen-bond acceptors (Lipinski definition) is 3. The summed E-state index contributed by atoms with van der Waals surface area (Å²) >= 11 is 0. The van der Waals surface area contributed by atoms with Crippen molar-refractivity contribution in [3.63, 3.8) is 0 Å². The van der Waals surface area contributed by atoms with E-state index in [0.717, 1.165) is 25.0 Å². The first kappa shape index (κ1) is 12.8. The summed E-state index contributed by atoms with van der Waals surface area (Å²) in [5.74, 6) is -1.21. The predicted molar refractivity (Wildman–Crippen MR) is 64.0 cm³/mol. The van der Waals surface area contributed by atoms with Crippen molar-refractivity contribution < 1.29 is 19.0 Å². The number of phenols is 1. The van der Waals surface area contributed by atoms with Gasteiger partial charge < -0.3 is 15.2 Å². The maximum Gasteiger partial charge on any atom is 0.255 e. The molecule has 98 valence electrons. The number of rotatable bonds is 4. The average Bonchev–Trinajstić information content (AvgIpc) is 2.29. The van der Waals surface area contributed by atoms with Crippen molar-refractivity contribution in [3.05, 3.63) is 29.6 Å². The molecule has 1 fully saturated rings. The number of nitrogens with one attached hydrogen (secondary N) is 1. The van der Waals surface area contributed by atoms with E-state index in [-0.39, 0.29) is 23.5 Å². The molecule has 1 aromatic rings. The van der Waals surface area contributed by atoms with Crippen molar-refractivity contribution in [3.8, 4) is 5.75 Å². The number of amides is 1. The lowest BCUT2D eigenvalue weighted by Crippen LogP contribution is -2.47. The van der Waals surface area contributed by atoms with E-state index in [0.29, 0.717) is 6.61 Å². The van der Waals surface area contributed by atoms with E-state index in [2.05, 4.69) is 5.32 Å². The van der Waals surface area contributed by atoms with Crippen molar-refractivity contribution in [2.75, 3.05) is 6.61 Å². The molecule has 4 nitrogen and oxygen atoms in total. The second-order valence-corrected chi connectivity index (χ2v) is 4.38. The molecular formula is C13H16FNO3. The van der Waals surface area contributed by atoms with Crippen LogP contribution in [0.5, 0.6) is 5.75 Å². The fraction of sp³-hybridized carbons (Fsp3) is 0.462. The Balaban J connectivity index is 1.91. The van der Waals surface area contributed by atoms with Crippen LogP contribution in [0.4, 0.5) is 4.39 Å². The Morgan fingerprint density at radius 3 is 2.94 bits per heavy atom. The highest BCUT2D eigenvalue weighted by atomic mass is 19.1. The standard InChI is InChI=1S/C13H16FNO3/c1-2-18-10-6-9(7-10)15-13(17)11-5-8(14)3-4-12(11)16/h3-5,9-10,16H,2,6-7H2,1H3,(H,15,17). The lowest BCUT2D eigenvalue weighted by Gasteiger charge is -2.35. The van der Waals surface area contributed by atoms with E-state index in [1.807, 2.05) is 6.92 Å². The van der Waals surface area contributed by atoms with Crippen molar-refractivity contribution in [1.29, 1.82) is 0 Å². The molecule has 0 aliphatic heterocycles. The van der Waals surface area contributed by atoms with E-state index in [4.69, 9.17) is 4.74 Å². The summed E-state index contributed by atoms with van der Waals surface area (Å²) in [5.41, 5.74) is -0.0325.